The van der Waals surface area contributed by atoms with Gasteiger partial charge in [0.25, 0.3) is 0 Å². The van der Waals surface area contributed by atoms with Crippen molar-refractivity contribution in [3.8, 4) is 0 Å². The fourth-order valence-corrected chi connectivity index (χ4v) is 6.74. The summed E-state index contributed by atoms with van der Waals surface area (Å²) in [6.07, 6.45) is 26.5. The van der Waals surface area contributed by atoms with Crippen molar-refractivity contribution in [3.05, 3.63) is 48.6 Å². The first-order valence-electron chi connectivity index (χ1n) is 21.1. The average Bonchev–Trinajstić information content (AvgIpc) is 3.16. The van der Waals surface area contributed by atoms with Crippen molar-refractivity contribution >= 4 is 16.3 Å². The minimum absolute atomic E-state index is 0.210. The molecular weight excluding hydrogens is 743 g/mol. The molecule has 0 bridgehead atoms. The Morgan fingerprint density at radius 3 is 1.77 bits per heavy atom. The highest BCUT2D eigenvalue weighted by Crippen LogP contribution is 2.26. The highest BCUT2D eigenvalue weighted by atomic mass is 32.3. The van der Waals surface area contributed by atoms with E-state index in [4.69, 9.17) is 14.0 Å². The number of aliphatic hydroxyl groups excluding tert-OH is 5. The maximum Gasteiger partial charge on any atom is 0.397 e. The van der Waals surface area contributed by atoms with E-state index in [2.05, 4.69) is 59.8 Å². The molecule has 0 aromatic carbocycles. The van der Waals surface area contributed by atoms with Crippen LogP contribution in [0.5, 0.6) is 0 Å². The third-order valence-corrected chi connectivity index (χ3v) is 10.1. The second kappa shape index (κ2) is 32.9. The number of aliphatic hydroxyl groups is 5. The topological polar surface area (TPSA) is 212 Å². The molecule has 326 valence electrons. The van der Waals surface area contributed by atoms with Crippen LogP contribution in [0.15, 0.2) is 48.6 Å². The Balaban J connectivity index is 2.69. The lowest BCUT2D eigenvalue weighted by atomic mass is 9.99. The highest BCUT2D eigenvalue weighted by molar-refractivity contribution is 7.80. The molecule has 0 aromatic heterocycles. The van der Waals surface area contributed by atoms with Crippen LogP contribution in [0.2, 0.25) is 0 Å². The molecule has 1 saturated heterocycles. The van der Waals surface area contributed by atoms with Crippen LogP contribution in [0.4, 0.5) is 0 Å². The number of nitrogens with one attached hydrogen (secondary N) is 1. The summed E-state index contributed by atoms with van der Waals surface area (Å²) < 4.78 is 47.3. The van der Waals surface area contributed by atoms with Crippen molar-refractivity contribution in [1.29, 1.82) is 0 Å². The van der Waals surface area contributed by atoms with Crippen molar-refractivity contribution < 1.29 is 57.0 Å². The Bertz CT molecular complexity index is 1210. The van der Waals surface area contributed by atoms with Crippen molar-refractivity contribution in [2.45, 2.75) is 198 Å². The van der Waals surface area contributed by atoms with Crippen LogP contribution in [-0.4, -0.2) is 107 Å². The second-order valence-corrected chi connectivity index (χ2v) is 15.7. The maximum absolute atomic E-state index is 13.0. The zero-order valence-electron chi connectivity index (χ0n) is 34.0. The van der Waals surface area contributed by atoms with Crippen molar-refractivity contribution in [2.24, 2.45) is 0 Å². The molecule has 0 aliphatic carbocycles. The molecule has 7 N–H and O–H groups in total. The van der Waals surface area contributed by atoms with Crippen LogP contribution in [0.25, 0.3) is 0 Å². The van der Waals surface area contributed by atoms with E-state index in [1.807, 2.05) is 0 Å². The maximum atomic E-state index is 13.0. The highest BCUT2D eigenvalue weighted by Gasteiger charge is 2.48. The van der Waals surface area contributed by atoms with E-state index in [1.165, 1.54) is 57.4 Å². The monoisotopic (exact) mass is 818 g/mol. The Morgan fingerprint density at radius 2 is 1.21 bits per heavy atom. The van der Waals surface area contributed by atoms with Gasteiger partial charge >= 0.3 is 10.4 Å². The number of carbonyl (C=O) groups excluding carboxylic acids is 1. The second-order valence-electron chi connectivity index (χ2n) is 14.7. The van der Waals surface area contributed by atoms with Gasteiger partial charge in [-0.2, -0.15) is 8.42 Å². The normalized spacial score (nSPS) is 22.5. The Hall–Kier alpha value is -1.98. The van der Waals surface area contributed by atoms with Gasteiger partial charge in [-0.15, -0.1) is 0 Å². The summed E-state index contributed by atoms with van der Waals surface area (Å²) in [5.74, 6) is -0.735. The summed E-state index contributed by atoms with van der Waals surface area (Å²) in [6.45, 7) is 3.09. The van der Waals surface area contributed by atoms with Crippen LogP contribution in [-0.2, 0) is 28.9 Å². The van der Waals surface area contributed by atoms with Crippen LogP contribution < -0.4 is 5.32 Å². The SMILES string of the molecule is CCCC/C=C\CCCCCC(O)C(=O)NC(COC1OC(CO)C(O)C(OS(=O)(=O)O)C1O)C(O)/C=C/CC/C=C/CC/C=C/CCCCCCCCCC. The molecule has 1 fully saturated rings. The van der Waals surface area contributed by atoms with E-state index in [1.54, 1.807) is 6.08 Å². The van der Waals surface area contributed by atoms with Crippen molar-refractivity contribution in [1.82, 2.24) is 5.32 Å². The third-order valence-electron chi connectivity index (χ3n) is 9.67. The summed E-state index contributed by atoms with van der Waals surface area (Å²) in [5, 5.41) is 54.9. The molecule has 13 nitrogen and oxygen atoms in total. The van der Waals surface area contributed by atoms with E-state index < -0.39 is 78.5 Å². The Kier molecular flexibility index (Phi) is 30.6. The summed E-state index contributed by atoms with van der Waals surface area (Å²) >= 11 is 0. The molecule has 1 heterocycles. The van der Waals surface area contributed by atoms with Gasteiger partial charge in [0.15, 0.2) is 6.29 Å². The molecule has 1 aliphatic rings. The lowest BCUT2D eigenvalue weighted by Gasteiger charge is -2.41. The molecule has 0 saturated carbocycles. The van der Waals surface area contributed by atoms with E-state index >= 15 is 0 Å². The third kappa shape index (κ3) is 25.4. The number of allylic oxidation sites excluding steroid dienone is 7. The van der Waals surface area contributed by atoms with Gasteiger partial charge in [0.05, 0.1) is 25.4 Å². The van der Waals surface area contributed by atoms with E-state index in [0.717, 1.165) is 64.2 Å². The molecule has 1 aliphatic heterocycles. The minimum atomic E-state index is -5.12. The number of ether oxygens (including phenoxy) is 2. The van der Waals surface area contributed by atoms with Crippen LogP contribution in [0.1, 0.15) is 149 Å². The number of carbonyl (C=O) groups is 1. The first-order chi connectivity index (χ1) is 26.9. The van der Waals surface area contributed by atoms with Gasteiger partial charge in [0.2, 0.25) is 5.91 Å². The quantitative estimate of drug-likeness (QED) is 0.0217. The van der Waals surface area contributed by atoms with Crippen LogP contribution in [0.3, 0.4) is 0 Å². The van der Waals surface area contributed by atoms with Gasteiger partial charge in [-0.05, 0) is 64.2 Å². The number of hydrogen-bond acceptors (Lipinski definition) is 11. The standard InChI is InChI=1S/C42H75NO12S/c1-3-5-7-9-11-13-14-15-16-17-18-19-20-21-23-24-26-28-30-35(45)34(43-41(49)36(46)31-29-27-25-22-12-10-8-6-4-2)33-53-42-39(48)40(55-56(50,51)52)38(47)37(32-44)54-42/h10,12,17-18,21,23,28,30,34-40,42,44-48H,3-9,11,13-16,19-20,22,24-27,29,31-33H2,1-2H3,(H,43,49)(H,50,51,52)/b12-10-,18-17+,23-21+,30-28+. The largest absolute Gasteiger partial charge is 0.397 e. The van der Waals surface area contributed by atoms with E-state index in [-0.39, 0.29) is 6.42 Å². The lowest BCUT2D eigenvalue weighted by Crippen LogP contribution is -2.61. The first-order valence-corrected chi connectivity index (χ1v) is 22.5. The average molecular weight is 818 g/mol. The van der Waals surface area contributed by atoms with Gasteiger partial charge in [0.1, 0.15) is 30.5 Å². The summed E-state index contributed by atoms with van der Waals surface area (Å²) in [7, 11) is -5.12. The molecule has 1 amide bonds. The molecule has 56 heavy (non-hydrogen) atoms. The minimum Gasteiger partial charge on any atom is -0.394 e. The molecule has 1 rings (SSSR count). The van der Waals surface area contributed by atoms with Gasteiger partial charge in [0, 0.05) is 0 Å². The number of unbranched alkanes of at least 4 members (excludes halogenated alkanes) is 15. The molecule has 8 atom stereocenters. The van der Waals surface area contributed by atoms with Crippen LogP contribution in [0, 0.1) is 0 Å². The summed E-state index contributed by atoms with van der Waals surface area (Å²) in [5.41, 5.74) is 0. The first kappa shape index (κ1) is 52.0. The molecular formula is C42H75NO12S. The van der Waals surface area contributed by atoms with Gasteiger partial charge in [-0.25, -0.2) is 4.18 Å². The number of amides is 1. The Morgan fingerprint density at radius 1 is 0.714 bits per heavy atom. The smallest absolute Gasteiger partial charge is 0.394 e. The molecule has 0 spiro atoms. The lowest BCUT2D eigenvalue weighted by molar-refractivity contribution is -0.298. The van der Waals surface area contributed by atoms with Gasteiger partial charge in [-0.1, -0.05) is 133 Å². The predicted octanol–water partition coefficient (Wildman–Crippen LogP) is 6.29. The fourth-order valence-electron chi connectivity index (χ4n) is 6.24. The zero-order valence-corrected chi connectivity index (χ0v) is 34.9. The van der Waals surface area contributed by atoms with Crippen LogP contribution >= 0.6 is 0 Å². The van der Waals surface area contributed by atoms with Crippen molar-refractivity contribution in [3.63, 3.8) is 0 Å². The van der Waals surface area contributed by atoms with Crippen molar-refractivity contribution in [2.75, 3.05) is 13.2 Å². The molecule has 8 unspecified atom stereocenters. The molecule has 0 aromatic rings. The molecule has 0 radical (unpaired) electrons. The summed E-state index contributed by atoms with van der Waals surface area (Å²) in [6, 6.07) is -1.15. The summed E-state index contributed by atoms with van der Waals surface area (Å²) in [4.78, 5) is 13.0. The fraction of sp³-hybridized carbons (Fsp3) is 0.786. The van der Waals surface area contributed by atoms with Gasteiger partial charge < -0.3 is 40.3 Å². The van der Waals surface area contributed by atoms with Gasteiger partial charge in [-0.3, -0.25) is 9.35 Å². The van der Waals surface area contributed by atoms with E-state index in [0.29, 0.717) is 12.8 Å². The number of hydrogen-bond donors (Lipinski definition) is 7. The predicted molar refractivity (Wildman–Crippen MR) is 219 cm³/mol. The molecule has 14 heteroatoms. The Labute approximate surface area is 337 Å². The number of rotatable bonds is 34. The van der Waals surface area contributed by atoms with E-state index in [9.17, 15) is 38.7 Å². The zero-order chi connectivity index (χ0) is 41.4.